The number of halogens is 6. The monoisotopic (exact) mass is 551 g/mol. The smallest absolute Gasteiger partial charge is 0.417 e. The van der Waals surface area contributed by atoms with Crippen molar-refractivity contribution in [2.24, 2.45) is 0 Å². The molecule has 3 nitrogen and oxygen atoms in total. The Labute approximate surface area is 224 Å². The minimum Gasteiger partial charge on any atom is -0.493 e. The molecule has 39 heavy (non-hydrogen) atoms. The average molecular weight is 552 g/mol. The van der Waals surface area contributed by atoms with E-state index in [1.807, 2.05) is 0 Å². The maximum absolute atomic E-state index is 13.5. The van der Waals surface area contributed by atoms with Crippen molar-refractivity contribution in [2.45, 2.75) is 64.2 Å². The molecule has 1 amide bonds. The average Bonchev–Trinajstić information content (AvgIpc) is 2.89. The van der Waals surface area contributed by atoms with Gasteiger partial charge in [-0.1, -0.05) is 69.7 Å². The number of hydrogen-bond acceptors (Lipinski definition) is 2. The van der Waals surface area contributed by atoms with Crippen molar-refractivity contribution >= 4 is 11.6 Å². The number of carbonyl (C=O) groups excluding carboxylic acids is 1. The van der Waals surface area contributed by atoms with E-state index in [9.17, 15) is 31.1 Å². The normalized spacial score (nSPS) is 11.9. The molecule has 0 radical (unpaired) electrons. The van der Waals surface area contributed by atoms with Gasteiger partial charge in [0, 0.05) is 5.69 Å². The summed E-state index contributed by atoms with van der Waals surface area (Å²) >= 11 is 0. The number of hydrogen-bond donors (Lipinski definition) is 1. The SMILES string of the molecule is CCCCCCCCCOc1ccccc1C(=O)Nc1ccc(-c2cc(C(F)(F)F)ccc2C(F)(F)F)cc1. The summed E-state index contributed by atoms with van der Waals surface area (Å²) in [4.78, 5) is 12.9. The van der Waals surface area contributed by atoms with Crippen molar-refractivity contribution < 1.29 is 35.9 Å². The highest BCUT2D eigenvalue weighted by atomic mass is 19.4. The van der Waals surface area contributed by atoms with Crippen LogP contribution in [-0.4, -0.2) is 12.5 Å². The van der Waals surface area contributed by atoms with E-state index in [1.165, 1.54) is 49.9 Å². The molecule has 0 saturated carbocycles. The molecule has 3 aromatic carbocycles. The van der Waals surface area contributed by atoms with E-state index in [4.69, 9.17) is 4.74 Å². The second-order valence-corrected chi connectivity index (χ2v) is 9.25. The number of amides is 1. The lowest BCUT2D eigenvalue weighted by Gasteiger charge is -2.16. The van der Waals surface area contributed by atoms with Crippen LogP contribution in [-0.2, 0) is 12.4 Å². The Hall–Kier alpha value is -3.49. The summed E-state index contributed by atoms with van der Waals surface area (Å²) < 4.78 is 85.7. The fourth-order valence-corrected chi connectivity index (χ4v) is 4.16. The number of ether oxygens (including phenoxy) is 1. The van der Waals surface area contributed by atoms with Gasteiger partial charge in [-0.25, -0.2) is 0 Å². The Morgan fingerprint density at radius 2 is 1.41 bits per heavy atom. The third-order valence-electron chi connectivity index (χ3n) is 6.24. The van der Waals surface area contributed by atoms with E-state index in [2.05, 4.69) is 12.2 Å². The van der Waals surface area contributed by atoms with Crippen LogP contribution in [0.5, 0.6) is 5.75 Å². The first-order valence-corrected chi connectivity index (χ1v) is 12.9. The van der Waals surface area contributed by atoms with Crippen molar-refractivity contribution in [1.82, 2.24) is 0 Å². The molecule has 0 aliphatic heterocycles. The highest BCUT2D eigenvalue weighted by Gasteiger charge is 2.37. The number of carbonyl (C=O) groups is 1. The van der Waals surface area contributed by atoms with Crippen molar-refractivity contribution in [3.05, 3.63) is 83.4 Å². The Balaban J connectivity index is 1.68. The standard InChI is InChI=1S/C30H31F6NO2/c1-2-3-4-5-6-7-10-19-39-27-12-9-8-11-24(27)28(38)37-23-16-13-21(14-17-23)25-20-22(29(31,32)33)15-18-26(25)30(34,35)36/h8-9,11-18,20H,2-7,10,19H2,1H3,(H,37,38). The van der Waals surface area contributed by atoms with Gasteiger partial charge >= 0.3 is 12.4 Å². The molecule has 3 aromatic rings. The zero-order valence-corrected chi connectivity index (χ0v) is 21.6. The predicted molar refractivity (Wildman–Crippen MR) is 140 cm³/mol. The first kappa shape index (κ1) is 30.1. The third kappa shape index (κ3) is 8.76. The zero-order valence-electron chi connectivity index (χ0n) is 21.6. The maximum atomic E-state index is 13.5. The predicted octanol–water partition coefficient (Wildman–Crippen LogP) is 9.77. The Morgan fingerprint density at radius 1 is 0.769 bits per heavy atom. The molecule has 0 fully saturated rings. The van der Waals surface area contributed by atoms with Gasteiger partial charge in [0.1, 0.15) is 5.75 Å². The molecule has 0 aromatic heterocycles. The summed E-state index contributed by atoms with van der Waals surface area (Å²) in [6.07, 6.45) is -1.76. The maximum Gasteiger partial charge on any atom is 0.417 e. The van der Waals surface area contributed by atoms with E-state index in [1.54, 1.807) is 24.3 Å². The van der Waals surface area contributed by atoms with Gasteiger partial charge in [0.15, 0.2) is 0 Å². The Kier molecular flexibility index (Phi) is 10.4. The van der Waals surface area contributed by atoms with Gasteiger partial charge in [-0.15, -0.1) is 0 Å². The van der Waals surface area contributed by atoms with Gasteiger partial charge in [-0.2, -0.15) is 26.3 Å². The van der Waals surface area contributed by atoms with Crippen molar-refractivity contribution in [3.63, 3.8) is 0 Å². The molecule has 0 heterocycles. The summed E-state index contributed by atoms with van der Waals surface area (Å²) in [7, 11) is 0. The van der Waals surface area contributed by atoms with Crippen molar-refractivity contribution in [3.8, 4) is 16.9 Å². The molecule has 3 rings (SSSR count). The van der Waals surface area contributed by atoms with Crippen molar-refractivity contribution in [2.75, 3.05) is 11.9 Å². The number of alkyl halides is 6. The van der Waals surface area contributed by atoms with Crippen LogP contribution in [0, 0.1) is 0 Å². The highest BCUT2D eigenvalue weighted by Crippen LogP contribution is 2.41. The van der Waals surface area contributed by atoms with Crippen LogP contribution in [0.15, 0.2) is 66.7 Å². The van der Waals surface area contributed by atoms with Gasteiger partial charge < -0.3 is 10.1 Å². The fourth-order valence-electron chi connectivity index (χ4n) is 4.16. The van der Waals surface area contributed by atoms with Gasteiger partial charge in [-0.3, -0.25) is 4.79 Å². The lowest BCUT2D eigenvalue weighted by Crippen LogP contribution is -2.14. The number of para-hydroxylation sites is 1. The van der Waals surface area contributed by atoms with E-state index >= 15 is 0 Å². The summed E-state index contributed by atoms with van der Waals surface area (Å²) in [5, 5.41) is 2.67. The molecule has 0 aliphatic rings. The lowest BCUT2D eigenvalue weighted by molar-refractivity contribution is -0.141. The van der Waals surface area contributed by atoms with E-state index < -0.39 is 35.0 Å². The van der Waals surface area contributed by atoms with E-state index in [0.717, 1.165) is 19.3 Å². The zero-order chi connectivity index (χ0) is 28.5. The minimum absolute atomic E-state index is 0.0650. The summed E-state index contributed by atoms with van der Waals surface area (Å²) in [5.74, 6) is -0.0654. The van der Waals surface area contributed by atoms with Crippen LogP contribution in [0.1, 0.15) is 73.4 Å². The second-order valence-electron chi connectivity index (χ2n) is 9.25. The number of rotatable bonds is 12. The van der Waals surface area contributed by atoms with E-state index in [-0.39, 0.29) is 11.3 Å². The van der Waals surface area contributed by atoms with Crippen LogP contribution in [0.25, 0.3) is 11.1 Å². The molecule has 0 atom stereocenters. The first-order valence-electron chi connectivity index (χ1n) is 12.9. The molecule has 0 spiro atoms. The van der Waals surface area contributed by atoms with Crippen LogP contribution in [0.2, 0.25) is 0 Å². The molecule has 0 unspecified atom stereocenters. The number of anilines is 1. The molecule has 0 aliphatic carbocycles. The van der Waals surface area contributed by atoms with Gasteiger partial charge in [0.05, 0.1) is 23.3 Å². The number of benzene rings is 3. The molecular weight excluding hydrogens is 520 g/mol. The highest BCUT2D eigenvalue weighted by molar-refractivity contribution is 6.06. The molecular formula is C30H31F6NO2. The number of nitrogens with one attached hydrogen (secondary N) is 1. The third-order valence-corrected chi connectivity index (χ3v) is 6.24. The largest absolute Gasteiger partial charge is 0.493 e. The quantitative estimate of drug-likeness (QED) is 0.180. The molecule has 0 bridgehead atoms. The first-order chi connectivity index (χ1) is 18.5. The lowest BCUT2D eigenvalue weighted by atomic mass is 9.96. The Bertz CT molecular complexity index is 1220. The second kappa shape index (κ2) is 13.5. The van der Waals surface area contributed by atoms with Crippen molar-refractivity contribution in [1.29, 1.82) is 0 Å². The molecule has 210 valence electrons. The van der Waals surface area contributed by atoms with Crippen LogP contribution >= 0.6 is 0 Å². The van der Waals surface area contributed by atoms with Gasteiger partial charge in [0.25, 0.3) is 5.91 Å². The molecule has 1 N–H and O–H groups in total. The van der Waals surface area contributed by atoms with Crippen LogP contribution in [0.4, 0.5) is 32.0 Å². The van der Waals surface area contributed by atoms with Crippen LogP contribution < -0.4 is 10.1 Å². The summed E-state index contributed by atoms with van der Waals surface area (Å²) in [6, 6.07) is 13.2. The molecule has 0 saturated heterocycles. The summed E-state index contributed by atoms with van der Waals surface area (Å²) in [6.45, 7) is 2.63. The Morgan fingerprint density at radius 3 is 2.05 bits per heavy atom. The molecule has 9 heteroatoms. The topological polar surface area (TPSA) is 38.3 Å². The van der Waals surface area contributed by atoms with E-state index in [0.29, 0.717) is 36.1 Å². The van der Waals surface area contributed by atoms with Gasteiger partial charge in [0.2, 0.25) is 0 Å². The van der Waals surface area contributed by atoms with Crippen LogP contribution in [0.3, 0.4) is 0 Å². The summed E-state index contributed by atoms with van der Waals surface area (Å²) in [5.41, 5.74) is -2.47. The fraction of sp³-hybridized carbons (Fsp3) is 0.367. The minimum atomic E-state index is -4.84. The van der Waals surface area contributed by atoms with Gasteiger partial charge in [-0.05, 0) is 60.0 Å². The number of unbranched alkanes of at least 4 members (excludes halogenated alkanes) is 6.